The number of anilines is 3. The van der Waals surface area contributed by atoms with E-state index in [2.05, 4.69) is 165 Å². The molecule has 0 bridgehead atoms. The number of benzene rings is 5. The Morgan fingerprint density at radius 2 is 1.21 bits per heavy atom. The molecule has 7 heteroatoms. The van der Waals surface area contributed by atoms with Crippen molar-refractivity contribution >= 4 is 61.5 Å². The van der Waals surface area contributed by atoms with Crippen molar-refractivity contribution in [2.45, 2.75) is 26.2 Å². The third-order valence-electron chi connectivity index (χ3n) is 9.44. The van der Waals surface area contributed by atoms with Crippen LogP contribution >= 0.6 is 22.6 Å². The van der Waals surface area contributed by atoms with E-state index in [4.69, 9.17) is 0 Å². The van der Waals surface area contributed by atoms with Gasteiger partial charge in [0.15, 0.2) is 0 Å². The Bertz CT molecular complexity index is 2400. The molecule has 9 rings (SSSR count). The molecule has 5 aromatic carbocycles. The minimum absolute atomic E-state index is 0. The molecule has 4 nitrogen and oxygen atoms in total. The van der Waals surface area contributed by atoms with Crippen molar-refractivity contribution in [3.8, 4) is 28.2 Å². The molecule has 0 unspecified atom stereocenters. The third-order valence-corrected chi connectivity index (χ3v) is 9.44. The van der Waals surface area contributed by atoms with E-state index in [1.807, 2.05) is 60.1 Å². The smallest absolute Gasteiger partial charge is 0.346 e. The molecule has 0 saturated carbocycles. The van der Waals surface area contributed by atoms with Gasteiger partial charge in [-0.15, -0.1) is 59.7 Å². The van der Waals surface area contributed by atoms with Crippen LogP contribution < -0.4 is 4.90 Å². The first kappa shape index (κ1) is 37.7. The van der Waals surface area contributed by atoms with Gasteiger partial charge in [0.1, 0.15) is 0 Å². The van der Waals surface area contributed by atoms with E-state index in [1.54, 1.807) is 0 Å². The molecule has 0 N–H and O–H groups in total. The topological polar surface area (TPSA) is 34.0 Å². The molecule has 0 aliphatic carbocycles. The van der Waals surface area contributed by atoms with Crippen molar-refractivity contribution in [2.75, 3.05) is 4.90 Å². The molecule has 257 valence electrons. The third kappa shape index (κ3) is 6.69. The molecular formula is C45H34IN4PtV-. The maximum atomic E-state index is 4.62. The summed E-state index contributed by atoms with van der Waals surface area (Å²) in [6.45, 7) is 6.68. The van der Waals surface area contributed by atoms with Crippen molar-refractivity contribution in [2.24, 2.45) is 0 Å². The average molecular weight is 1000 g/mol. The minimum Gasteiger partial charge on any atom is -0.346 e. The zero-order valence-corrected chi connectivity index (χ0v) is 34.7. The van der Waals surface area contributed by atoms with Crippen molar-refractivity contribution in [3.05, 3.63) is 174 Å². The van der Waals surface area contributed by atoms with Crippen molar-refractivity contribution in [1.82, 2.24) is 14.5 Å². The molecule has 0 spiro atoms. The molecule has 0 saturated heterocycles. The fourth-order valence-corrected chi connectivity index (χ4v) is 7.20. The number of hydrogen-bond donors (Lipinski definition) is 0. The second kappa shape index (κ2) is 15.9. The Morgan fingerprint density at radius 3 is 1.81 bits per heavy atom. The van der Waals surface area contributed by atoms with E-state index in [0.717, 1.165) is 39.6 Å². The van der Waals surface area contributed by atoms with Gasteiger partial charge in [-0.3, -0.25) is 4.43 Å². The molecule has 4 heterocycles. The molecule has 0 fully saturated rings. The van der Waals surface area contributed by atoms with Gasteiger partial charge in [0, 0.05) is 52.8 Å². The molecule has 0 atom stereocenters. The number of aromatic nitrogens is 3. The number of nitrogens with zero attached hydrogens (tertiary/aromatic N) is 4. The summed E-state index contributed by atoms with van der Waals surface area (Å²) in [6.07, 6.45) is 3.64. The van der Waals surface area contributed by atoms with Gasteiger partial charge in [-0.05, 0) is 70.3 Å². The standard InChI is InChI=1S/C43H30N4.C2H4I.Pt.V/c1-43(2)36-18-11-17-35-34-16-3-4-21-40(34)47(42(35)36)41-23-22-33(28-37(41)43)46(31-14-9-12-29(26-31)38-19-5-7-24-44-38)32-15-10-13-30(27-32)39-20-6-8-25-45-39;1-2-3;;/h3-25,28H,1-2H3;2H,1H3;;/q-2;-1;+2;. The van der Waals surface area contributed by atoms with E-state index in [1.165, 1.54) is 38.6 Å². The number of halogens is 1. The summed E-state index contributed by atoms with van der Waals surface area (Å²) in [5.74, 6) is 0. The van der Waals surface area contributed by atoms with Gasteiger partial charge in [-0.1, -0.05) is 74.5 Å². The fraction of sp³-hybridized carbons (Fsp3) is 0.0889. The summed E-state index contributed by atoms with van der Waals surface area (Å²) in [5.41, 5.74) is 12.6. The van der Waals surface area contributed by atoms with Crippen LogP contribution in [0, 0.1) is 16.6 Å². The average Bonchev–Trinajstić information content (AvgIpc) is 3.50. The Labute approximate surface area is 345 Å². The van der Waals surface area contributed by atoms with E-state index in [9.17, 15) is 0 Å². The zero-order chi connectivity index (χ0) is 34.2. The van der Waals surface area contributed by atoms with Crippen LogP contribution in [0.4, 0.5) is 17.1 Å². The van der Waals surface area contributed by atoms with Gasteiger partial charge >= 0.3 is 21.1 Å². The second-order valence-corrected chi connectivity index (χ2v) is 14.0. The SMILES string of the molecule is CC1(C)c2cc(N(c3[c-]c(-c4ccccn4)ccc3)c3[c-]c(-c4ccccn4)ccc3)ccc2-n2c3ccccc3c3cccc1c32.C[CH-]I.[Pt+2].[V]. The van der Waals surface area contributed by atoms with Crippen LogP contribution in [0.3, 0.4) is 0 Å². The van der Waals surface area contributed by atoms with Crippen molar-refractivity contribution < 1.29 is 39.6 Å². The first-order valence-corrected chi connectivity index (χ1v) is 18.0. The predicted molar refractivity (Wildman–Crippen MR) is 216 cm³/mol. The van der Waals surface area contributed by atoms with Gasteiger partial charge in [0.05, 0.1) is 16.7 Å². The zero-order valence-electron chi connectivity index (χ0n) is 28.9. The Hall–Kier alpha value is -4.00. The molecule has 52 heavy (non-hydrogen) atoms. The van der Waals surface area contributed by atoms with E-state index < -0.39 is 0 Å². The first-order valence-electron chi connectivity index (χ1n) is 16.7. The minimum atomic E-state index is -0.236. The Balaban J connectivity index is 0.000000899. The number of para-hydroxylation sites is 2. The van der Waals surface area contributed by atoms with E-state index in [0.29, 0.717) is 0 Å². The van der Waals surface area contributed by atoms with Crippen LogP contribution in [0.5, 0.6) is 0 Å². The largest absolute Gasteiger partial charge is 2.00 e. The van der Waals surface area contributed by atoms with Crippen LogP contribution in [-0.4, -0.2) is 14.5 Å². The predicted octanol–water partition coefficient (Wildman–Crippen LogP) is 12.2. The fourth-order valence-electron chi connectivity index (χ4n) is 7.20. The summed E-state index contributed by atoms with van der Waals surface area (Å²) in [4.78, 5) is 11.5. The molecule has 1 aliphatic rings. The van der Waals surface area contributed by atoms with Gasteiger partial charge in [0.2, 0.25) is 0 Å². The van der Waals surface area contributed by atoms with Gasteiger partial charge in [0.25, 0.3) is 0 Å². The van der Waals surface area contributed by atoms with E-state index >= 15 is 0 Å². The summed E-state index contributed by atoms with van der Waals surface area (Å²) in [6, 6.07) is 54.2. The Morgan fingerprint density at radius 1 is 0.654 bits per heavy atom. The van der Waals surface area contributed by atoms with Crippen LogP contribution in [0.25, 0.3) is 50.0 Å². The molecule has 3 aromatic heterocycles. The van der Waals surface area contributed by atoms with Gasteiger partial charge in [-0.25, -0.2) is 0 Å². The molecule has 8 aromatic rings. The summed E-state index contributed by atoms with van der Waals surface area (Å²) >= 11 is 2.16. The van der Waals surface area contributed by atoms with E-state index in [-0.39, 0.29) is 45.0 Å². The maximum absolute atomic E-state index is 4.62. The normalized spacial score (nSPS) is 12.2. The molecule has 1 aliphatic heterocycles. The maximum Gasteiger partial charge on any atom is 2.00 e. The number of hydrogen-bond acceptors (Lipinski definition) is 3. The quantitative estimate of drug-likeness (QED) is 0.127. The van der Waals surface area contributed by atoms with Crippen LogP contribution in [-0.2, 0) is 45.0 Å². The van der Waals surface area contributed by atoms with Gasteiger partial charge < -0.3 is 42.0 Å². The van der Waals surface area contributed by atoms with Crippen molar-refractivity contribution in [1.29, 1.82) is 0 Å². The number of rotatable bonds is 5. The first-order chi connectivity index (χ1) is 24.5. The van der Waals surface area contributed by atoms with Gasteiger partial charge in [-0.2, -0.15) is 6.92 Å². The molecule has 1 radical (unpaired) electrons. The van der Waals surface area contributed by atoms with Crippen LogP contribution in [0.2, 0.25) is 0 Å². The second-order valence-electron chi connectivity index (χ2n) is 12.8. The Kier molecular flexibility index (Phi) is 11.6. The summed E-state index contributed by atoms with van der Waals surface area (Å²) < 4.78 is 4.42. The van der Waals surface area contributed by atoms with Crippen LogP contribution in [0.1, 0.15) is 31.9 Å². The van der Waals surface area contributed by atoms with Crippen LogP contribution in [0.15, 0.2) is 146 Å². The number of pyridine rings is 2. The van der Waals surface area contributed by atoms with Crippen molar-refractivity contribution in [3.63, 3.8) is 0 Å². The molecule has 0 amide bonds. The summed E-state index contributed by atoms with van der Waals surface area (Å²) in [7, 11) is 0. The number of fused-ring (bicyclic) bond motifs is 5. The summed E-state index contributed by atoms with van der Waals surface area (Å²) in [5, 5.41) is 2.57. The monoisotopic (exact) mass is 1000 g/mol. The molecular weight excluding hydrogens is 969 g/mol.